The first-order valence-electron chi connectivity index (χ1n) is 11.5. The normalized spacial score (nSPS) is 11.1. The average Bonchev–Trinajstić information content (AvgIpc) is 3.18. The molecule has 3 aromatic rings. The van der Waals surface area contributed by atoms with E-state index < -0.39 is 19.2 Å². The van der Waals surface area contributed by atoms with Crippen molar-refractivity contribution >= 4 is 17.8 Å². The fourth-order valence-corrected chi connectivity index (χ4v) is 3.87. The molecular formula is C28H29F2NO6. The summed E-state index contributed by atoms with van der Waals surface area (Å²) >= 11 is 0. The van der Waals surface area contributed by atoms with E-state index in [1.165, 1.54) is 31.4 Å². The quantitative estimate of drug-likeness (QED) is 0.183. The van der Waals surface area contributed by atoms with Crippen LogP contribution in [0.1, 0.15) is 32.9 Å². The van der Waals surface area contributed by atoms with Crippen LogP contribution in [0.3, 0.4) is 0 Å². The van der Waals surface area contributed by atoms with Crippen LogP contribution in [0.4, 0.5) is 8.78 Å². The van der Waals surface area contributed by atoms with Gasteiger partial charge in [0.05, 0.1) is 14.2 Å². The molecule has 9 heteroatoms. The summed E-state index contributed by atoms with van der Waals surface area (Å²) in [5.74, 6) is -0.251. The van der Waals surface area contributed by atoms with Crippen molar-refractivity contribution in [3.05, 3.63) is 82.7 Å². The zero-order valence-electron chi connectivity index (χ0n) is 21.1. The molecule has 7 nitrogen and oxygen atoms in total. The second-order valence-corrected chi connectivity index (χ2v) is 8.19. The van der Waals surface area contributed by atoms with Crippen molar-refractivity contribution < 1.29 is 37.3 Å². The van der Waals surface area contributed by atoms with Gasteiger partial charge in [0.2, 0.25) is 5.78 Å². The minimum absolute atomic E-state index is 0.0911. The van der Waals surface area contributed by atoms with Crippen molar-refractivity contribution in [2.75, 3.05) is 20.8 Å². The van der Waals surface area contributed by atoms with Crippen molar-refractivity contribution in [1.82, 2.24) is 4.57 Å². The highest BCUT2D eigenvalue weighted by atomic mass is 19.3. The summed E-state index contributed by atoms with van der Waals surface area (Å²) in [7, 11) is 2.94. The van der Waals surface area contributed by atoms with Gasteiger partial charge in [-0.2, -0.15) is 8.78 Å². The Labute approximate surface area is 214 Å². The lowest BCUT2D eigenvalue weighted by molar-refractivity contribution is -0.136. The van der Waals surface area contributed by atoms with Crippen molar-refractivity contribution in [3.8, 4) is 17.2 Å². The van der Waals surface area contributed by atoms with E-state index >= 15 is 0 Å². The predicted molar refractivity (Wildman–Crippen MR) is 135 cm³/mol. The molecule has 0 atom stereocenters. The van der Waals surface area contributed by atoms with E-state index in [0.717, 1.165) is 35.2 Å². The summed E-state index contributed by atoms with van der Waals surface area (Å²) in [6, 6.07) is 13.9. The van der Waals surface area contributed by atoms with E-state index in [0.29, 0.717) is 17.7 Å². The molecule has 1 aromatic heterocycles. The summed E-state index contributed by atoms with van der Waals surface area (Å²) in [6.07, 6.45) is 3.36. The standard InChI is InChI=1S/C28H29F2NO6/c1-18-15-23(19(2)31(18)14-13-20-5-9-22(34-3)10-6-20)24(32)17-36-27(33)12-8-21-7-11-25(37-28(29)30)26(16-21)35-4/h5-12,15-16,28H,13-14,17H2,1-4H3/b12-8+. The van der Waals surface area contributed by atoms with E-state index in [4.69, 9.17) is 14.2 Å². The summed E-state index contributed by atoms with van der Waals surface area (Å²) in [6.45, 7) is 1.10. The molecule has 0 saturated carbocycles. The predicted octanol–water partition coefficient (Wildman–Crippen LogP) is 5.41. The summed E-state index contributed by atoms with van der Waals surface area (Å²) in [5, 5.41) is 0. The number of benzene rings is 2. The molecule has 0 unspecified atom stereocenters. The van der Waals surface area contributed by atoms with E-state index in [9.17, 15) is 18.4 Å². The van der Waals surface area contributed by atoms with Crippen LogP contribution >= 0.6 is 0 Å². The number of carbonyl (C=O) groups excluding carboxylic acids is 2. The number of nitrogens with zero attached hydrogens (tertiary/aromatic N) is 1. The summed E-state index contributed by atoms with van der Waals surface area (Å²) in [5.41, 5.74) is 3.90. The van der Waals surface area contributed by atoms with Crippen LogP contribution in [0, 0.1) is 13.8 Å². The van der Waals surface area contributed by atoms with Crippen LogP contribution in [-0.2, 0) is 22.5 Å². The third kappa shape index (κ3) is 7.42. The molecule has 196 valence electrons. The molecule has 3 rings (SSSR count). The largest absolute Gasteiger partial charge is 0.497 e. The van der Waals surface area contributed by atoms with E-state index in [2.05, 4.69) is 9.30 Å². The highest BCUT2D eigenvalue weighted by Gasteiger charge is 2.17. The number of aryl methyl sites for hydroxylation is 2. The van der Waals surface area contributed by atoms with E-state index in [1.807, 2.05) is 38.1 Å². The van der Waals surface area contributed by atoms with Gasteiger partial charge in [0.15, 0.2) is 18.1 Å². The van der Waals surface area contributed by atoms with Crippen LogP contribution in [0.2, 0.25) is 0 Å². The van der Waals surface area contributed by atoms with Gasteiger partial charge in [-0.1, -0.05) is 18.2 Å². The minimum Gasteiger partial charge on any atom is -0.497 e. The number of Topliss-reactive ketones (excluding diaryl/α,β-unsaturated/α-hetero) is 1. The van der Waals surface area contributed by atoms with Gasteiger partial charge in [-0.25, -0.2) is 4.79 Å². The van der Waals surface area contributed by atoms with Crippen molar-refractivity contribution in [3.63, 3.8) is 0 Å². The monoisotopic (exact) mass is 513 g/mol. The maximum atomic E-state index is 12.7. The van der Waals surface area contributed by atoms with Gasteiger partial charge in [0.25, 0.3) is 0 Å². The maximum absolute atomic E-state index is 12.7. The Balaban J connectivity index is 1.57. The summed E-state index contributed by atoms with van der Waals surface area (Å²) in [4.78, 5) is 24.9. The Hall–Kier alpha value is -4.14. The number of methoxy groups -OCH3 is 2. The highest BCUT2D eigenvalue weighted by molar-refractivity contribution is 6.00. The van der Waals surface area contributed by atoms with Crippen LogP contribution in [0.15, 0.2) is 54.6 Å². The maximum Gasteiger partial charge on any atom is 0.387 e. The number of hydrogen-bond acceptors (Lipinski definition) is 6. The molecule has 0 bridgehead atoms. The lowest BCUT2D eigenvalue weighted by Crippen LogP contribution is -2.14. The first-order valence-corrected chi connectivity index (χ1v) is 11.5. The molecular weight excluding hydrogens is 484 g/mol. The highest BCUT2D eigenvalue weighted by Crippen LogP contribution is 2.30. The Morgan fingerprint density at radius 1 is 0.973 bits per heavy atom. The van der Waals surface area contributed by atoms with Crippen LogP contribution in [0.5, 0.6) is 17.2 Å². The molecule has 0 fully saturated rings. The number of carbonyl (C=O) groups is 2. The fourth-order valence-electron chi connectivity index (χ4n) is 3.87. The number of alkyl halides is 2. The number of rotatable bonds is 12. The molecule has 0 aliphatic heterocycles. The van der Waals surface area contributed by atoms with Crippen molar-refractivity contribution in [2.24, 2.45) is 0 Å². The zero-order chi connectivity index (χ0) is 26.9. The van der Waals surface area contributed by atoms with Gasteiger partial charge in [0, 0.05) is 29.6 Å². The number of esters is 1. The molecule has 0 aliphatic rings. The average molecular weight is 514 g/mol. The van der Waals surface area contributed by atoms with Crippen LogP contribution in [-0.4, -0.2) is 43.8 Å². The van der Waals surface area contributed by atoms with Gasteiger partial charge in [-0.15, -0.1) is 0 Å². The van der Waals surface area contributed by atoms with Crippen LogP contribution in [0.25, 0.3) is 6.08 Å². The molecule has 0 aliphatic carbocycles. The topological polar surface area (TPSA) is 76.0 Å². The zero-order valence-corrected chi connectivity index (χ0v) is 21.1. The number of ether oxygens (including phenoxy) is 4. The molecule has 0 amide bonds. The number of hydrogen-bond donors (Lipinski definition) is 0. The van der Waals surface area contributed by atoms with E-state index in [-0.39, 0.29) is 17.3 Å². The van der Waals surface area contributed by atoms with Crippen molar-refractivity contribution in [1.29, 1.82) is 0 Å². The van der Waals surface area contributed by atoms with Gasteiger partial charge >= 0.3 is 12.6 Å². The Morgan fingerprint density at radius 2 is 1.70 bits per heavy atom. The van der Waals surface area contributed by atoms with Crippen molar-refractivity contribution in [2.45, 2.75) is 33.4 Å². The number of halogens is 2. The summed E-state index contributed by atoms with van der Waals surface area (Å²) < 4.78 is 46.7. The lowest BCUT2D eigenvalue weighted by atomic mass is 10.1. The molecule has 37 heavy (non-hydrogen) atoms. The smallest absolute Gasteiger partial charge is 0.387 e. The molecule has 0 N–H and O–H groups in total. The first-order chi connectivity index (χ1) is 17.7. The Bertz CT molecular complexity index is 1260. The molecule has 1 heterocycles. The second kappa shape index (κ2) is 12.7. The Kier molecular flexibility index (Phi) is 9.43. The number of ketones is 1. The first kappa shape index (κ1) is 27.4. The molecule has 0 saturated heterocycles. The van der Waals surface area contributed by atoms with Gasteiger partial charge in [-0.05, 0) is 67.8 Å². The van der Waals surface area contributed by atoms with Crippen LogP contribution < -0.4 is 14.2 Å². The molecule has 0 spiro atoms. The third-order valence-electron chi connectivity index (χ3n) is 5.82. The fraction of sp³-hybridized carbons (Fsp3) is 0.286. The second-order valence-electron chi connectivity index (χ2n) is 8.19. The van der Waals surface area contributed by atoms with Gasteiger partial charge < -0.3 is 23.5 Å². The number of aromatic nitrogens is 1. The van der Waals surface area contributed by atoms with Gasteiger partial charge in [0.1, 0.15) is 5.75 Å². The van der Waals surface area contributed by atoms with Gasteiger partial charge in [-0.3, -0.25) is 4.79 Å². The molecule has 0 radical (unpaired) electrons. The Morgan fingerprint density at radius 3 is 2.35 bits per heavy atom. The minimum atomic E-state index is -2.99. The van der Waals surface area contributed by atoms with E-state index in [1.54, 1.807) is 13.2 Å². The molecule has 2 aromatic carbocycles. The lowest BCUT2D eigenvalue weighted by Gasteiger charge is -2.10. The third-order valence-corrected chi connectivity index (χ3v) is 5.82. The SMILES string of the molecule is COc1ccc(CCn2c(C)cc(C(=O)COC(=O)/C=C/c3ccc(OC(F)F)c(OC)c3)c2C)cc1.